The first-order valence-corrected chi connectivity index (χ1v) is 12.3. The van der Waals surface area contributed by atoms with Gasteiger partial charge in [-0.1, -0.05) is 36.4 Å². The van der Waals surface area contributed by atoms with E-state index < -0.39 is 25.2 Å². The van der Waals surface area contributed by atoms with Crippen LogP contribution in [0.15, 0.2) is 48.5 Å². The van der Waals surface area contributed by atoms with Crippen LogP contribution in [0.1, 0.15) is 19.3 Å². The Morgan fingerprint density at radius 1 is 0.906 bits per heavy atom. The van der Waals surface area contributed by atoms with E-state index in [1.807, 2.05) is 24.3 Å². The lowest BCUT2D eigenvalue weighted by molar-refractivity contribution is -0.154. The van der Waals surface area contributed by atoms with Crippen LogP contribution in [0.4, 0.5) is 0 Å². The fourth-order valence-electron chi connectivity index (χ4n) is 3.49. The van der Waals surface area contributed by atoms with E-state index in [2.05, 4.69) is 0 Å². The molecule has 2 aromatic rings. The zero-order valence-corrected chi connectivity index (χ0v) is 18.5. The van der Waals surface area contributed by atoms with Gasteiger partial charge in [0.2, 0.25) is 0 Å². The third-order valence-corrected chi connectivity index (χ3v) is 7.55. The first-order chi connectivity index (χ1) is 15.5. The largest absolute Gasteiger partial charge is 0.466 e. The molecule has 1 heterocycles. The van der Waals surface area contributed by atoms with Crippen molar-refractivity contribution in [3.63, 3.8) is 0 Å². The van der Waals surface area contributed by atoms with E-state index in [1.54, 1.807) is 24.3 Å². The van der Waals surface area contributed by atoms with E-state index in [-0.39, 0.29) is 51.9 Å². The molecule has 0 saturated carbocycles. The molecule has 2 unspecified atom stereocenters. The molecule has 1 aliphatic rings. The standard InChI is InChI=1S/C23H27O8P/c24-11-5-13-29-22(26)15-17(23(27)30-14-6-12-25)16-32(28)21-10-4-2-8-19(21)18-7-1-3-9-20(18)31-32/h1-4,7-10,17,24-25H,5-6,11-16H2. The third kappa shape index (κ3) is 5.76. The van der Waals surface area contributed by atoms with Crippen molar-refractivity contribution < 1.29 is 38.4 Å². The number of carbonyl (C=O) groups excluding carboxylic acids is 2. The van der Waals surface area contributed by atoms with Gasteiger partial charge in [-0.15, -0.1) is 0 Å². The van der Waals surface area contributed by atoms with Crippen molar-refractivity contribution in [2.24, 2.45) is 5.92 Å². The van der Waals surface area contributed by atoms with Gasteiger partial charge in [0.1, 0.15) is 5.75 Å². The molecule has 0 spiro atoms. The minimum absolute atomic E-state index is 0.0179. The van der Waals surface area contributed by atoms with Crippen LogP contribution in [0.3, 0.4) is 0 Å². The summed E-state index contributed by atoms with van der Waals surface area (Å²) < 4.78 is 30.3. The number of benzene rings is 2. The SMILES string of the molecule is O=C(CC(CP1(=O)Oc2ccccc2-c2ccccc21)C(=O)OCCCO)OCCCO. The van der Waals surface area contributed by atoms with Gasteiger partial charge in [0.15, 0.2) is 0 Å². The van der Waals surface area contributed by atoms with Crippen LogP contribution in [0.5, 0.6) is 5.75 Å². The third-order valence-electron chi connectivity index (χ3n) is 5.01. The fourth-order valence-corrected chi connectivity index (χ4v) is 6.07. The number of para-hydroxylation sites is 1. The normalized spacial score (nSPS) is 17.4. The predicted molar refractivity (Wildman–Crippen MR) is 118 cm³/mol. The summed E-state index contributed by atoms with van der Waals surface area (Å²) in [6, 6.07) is 14.4. The number of aliphatic hydroxyl groups excluding tert-OH is 2. The molecule has 0 bridgehead atoms. The van der Waals surface area contributed by atoms with Gasteiger partial charge in [0, 0.05) is 31.6 Å². The number of aliphatic hydroxyl groups is 2. The molecule has 2 aromatic carbocycles. The molecule has 32 heavy (non-hydrogen) atoms. The molecule has 0 saturated heterocycles. The topological polar surface area (TPSA) is 119 Å². The van der Waals surface area contributed by atoms with E-state index in [9.17, 15) is 14.2 Å². The predicted octanol–water partition coefficient (Wildman–Crippen LogP) is 2.51. The molecule has 0 amide bonds. The maximum absolute atomic E-state index is 14.0. The molecule has 2 N–H and O–H groups in total. The zero-order valence-electron chi connectivity index (χ0n) is 17.6. The van der Waals surface area contributed by atoms with Crippen molar-refractivity contribution in [1.82, 2.24) is 0 Å². The summed E-state index contributed by atoms with van der Waals surface area (Å²) >= 11 is 0. The summed E-state index contributed by atoms with van der Waals surface area (Å²) in [5, 5.41) is 18.3. The van der Waals surface area contributed by atoms with Crippen molar-refractivity contribution in [3.8, 4) is 16.9 Å². The van der Waals surface area contributed by atoms with Crippen LogP contribution < -0.4 is 9.83 Å². The number of esters is 2. The van der Waals surface area contributed by atoms with Gasteiger partial charge in [0.25, 0.3) is 7.37 Å². The van der Waals surface area contributed by atoms with Crippen LogP contribution in [0, 0.1) is 5.92 Å². The molecular formula is C23H27O8P. The first kappa shape index (κ1) is 24.0. The maximum Gasteiger partial charge on any atom is 0.310 e. The van der Waals surface area contributed by atoms with E-state index in [1.165, 1.54) is 0 Å². The minimum Gasteiger partial charge on any atom is -0.466 e. The number of fused-ring (bicyclic) bond motifs is 3. The summed E-state index contributed by atoms with van der Waals surface area (Å²) in [7, 11) is -3.57. The Morgan fingerprint density at radius 3 is 2.25 bits per heavy atom. The van der Waals surface area contributed by atoms with Crippen LogP contribution >= 0.6 is 7.37 Å². The Hall–Kier alpha value is -2.67. The van der Waals surface area contributed by atoms with E-state index in [0.717, 1.165) is 11.1 Å². The highest BCUT2D eigenvalue weighted by atomic mass is 31.2. The van der Waals surface area contributed by atoms with Crippen LogP contribution in [0.2, 0.25) is 0 Å². The van der Waals surface area contributed by atoms with Gasteiger partial charge in [-0.05, 0) is 17.7 Å². The molecular weight excluding hydrogens is 435 g/mol. The van der Waals surface area contributed by atoms with Gasteiger partial charge < -0.3 is 24.2 Å². The van der Waals surface area contributed by atoms with Crippen molar-refractivity contribution >= 4 is 24.6 Å². The monoisotopic (exact) mass is 462 g/mol. The van der Waals surface area contributed by atoms with Crippen molar-refractivity contribution in [1.29, 1.82) is 0 Å². The maximum atomic E-state index is 14.0. The highest BCUT2D eigenvalue weighted by Crippen LogP contribution is 2.55. The quantitative estimate of drug-likeness (QED) is 0.297. The second-order valence-corrected chi connectivity index (χ2v) is 9.78. The number of ether oxygens (including phenoxy) is 2. The highest BCUT2D eigenvalue weighted by Gasteiger charge is 2.41. The lowest BCUT2D eigenvalue weighted by Crippen LogP contribution is -2.30. The van der Waals surface area contributed by atoms with Gasteiger partial charge in [-0.25, -0.2) is 0 Å². The van der Waals surface area contributed by atoms with Crippen molar-refractivity contribution in [2.45, 2.75) is 19.3 Å². The van der Waals surface area contributed by atoms with Gasteiger partial charge >= 0.3 is 11.9 Å². The Bertz CT molecular complexity index is 989. The Labute approximate surface area is 186 Å². The number of hydrogen-bond acceptors (Lipinski definition) is 8. The second-order valence-electron chi connectivity index (χ2n) is 7.40. The summed E-state index contributed by atoms with van der Waals surface area (Å²) in [5.74, 6) is -1.96. The fraction of sp³-hybridized carbons (Fsp3) is 0.391. The molecule has 3 rings (SSSR count). The number of rotatable bonds is 11. The summed E-state index contributed by atoms with van der Waals surface area (Å²) in [6.07, 6.45) is -0.0289. The lowest BCUT2D eigenvalue weighted by atomic mass is 10.0. The smallest absolute Gasteiger partial charge is 0.310 e. The first-order valence-electron chi connectivity index (χ1n) is 10.5. The van der Waals surface area contributed by atoms with E-state index >= 15 is 0 Å². The molecule has 2 atom stereocenters. The molecule has 8 nitrogen and oxygen atoms in total. The number of hydrogen-bond donors (Lipinski definition) is 2. The minimum atomic E-state index is -3.57. The highest BCUT2D eigenvalue weighted by molar-refractivity contribution is 7.67. The van der Waals surface area contributed by atoms with Crippen LogP contribution in [-0.2, 0) is 23.6 Å². The second kappa shape index (κ2) is 11.3. The Kier molecular flexibility index (Phi) is 8.45. The Morgan fingerprint density at radius 2 is 1.53 bits per heavy atom. The molecule has 0 fully saturated rings. The van der Waals surface area contributed by atoms with Gasteiger partial charge in [0.05, 0.1) is 37.0 Å². The molecule has 0 aromatic heterocycles. The van der Waals surface area contributed by atoms with Gasteiger partial charge in [-0.3, -0.25) is 14.2 Å². The van der Waals surface area contributed by atoms with Crippen LogP contribution in [-0.4, -0.2) is 54.7 Å². The van der Waals surface area contributed by atoms with Crippen molar-refractivity contribution in [2.75, 3.05) is 32.6 Å². The Balaban J connectivity index is 1.86. The van der Waals surface area contributed by atoms with E-state index in [0.29, 0.717) is 11.1 Å². The van der Waals surface area contributed by atoms with E-state index in [4.69, 9.17) is 24.2 Å². The molecule has 1 aliphatic heterocycles. The average molecular weight is 462 g/mol. The summed E-state index contributed by atoms with van der Waals surface area (Å²) in [6.45, 7) is -0.270. The van der Waals surface area contributed by atoms with Crippen molar-refractivity contribution in [3.05, 3.63) is 48.5 Å². The molecule has 172 valence electrons. The molecule has 0 aliphatic carbocycles. The number of carbonyl (C=O) groups is 2. The molecule has 0 radical (unpaired) electrons. The molecule has 9 heteroatoms. The van der Waals surface area contributed by atoms with Gasteiger partial charge in [-0.2, -0.15) is 0 Å². The zero-order chi connectivity index (χ0) is 23.0. The lowest BCUT2D eigenvalue weighted by Gasteiger charge is -2.30. The van der Waals surface area contributed by atoms with Crippen LogP contribution in [0.25, 0.3) is 11.1 Å². The summed E-state index contributed by atoms with van der Waals surface area (Å²) in [4.78, 5) is 25.0. The average Bonchev–Trinajstić information content (AvgIpc) is 2.79. The summed E-state index contributed by atoms with van der Waals surface area (Å²) in [5.41, 5.74) is 1.57.